The van der Waals surface area contributed by atoms with E-state index in [-0.39, 0.29) is 10.8 Å². The van der Waals surface area contributed by atoms with Crippen molar-refractivity contribution in [1.29, 1.82) is 0 Å². The van der Waals surface area contributed by atoms with Crippen LogP contribution in [-0.2, 0) is 20.9 Å². The van der Waals surface area contributed by atoms with Crippen molar-refractivity contribution < 1.29 is 26.3 Å². The molecule has 0 saturated carbocycles. The monoisotopic (exact) mass is 464 g/mol. The molecular weight excluding hydrogens is 445 g/mol. The van der Waals surface area contributed by atoms with Gasteiger partial charge in [-0.3, -0.25) is 0 Å². The third-order valence-electron chi connectivity index (χ3n) is 4.88. The van der Waals surface area contributed by atoms with E-state index in [1.165, 1.54) is 34.8 Å². The van der Waals surface area contributed by atoms with Gasteiger partial charge in [-0.1, -0.05) is 12.1 Å². The maximum atomic E-state index is 12.8. The predicted octanol–water partition coefficient (Wildman–Crippen LogP) is 3.93. The minimum absolute atomic E-state index is 0.171. The second-order valence-electron chi connectivity index (χ2n) is 7.01. The number of hydrogen-bond acceptors (Lipinski definition) is 6. The van der Waals surface area contributed by atoms with Crippen LogP contribution in [0, 0.1) is 0 Å². The Morgan fingerprint density at radius 2 is 1.59 bits per heavy atom. The molecule has 2 aromatic carbocycles. The molecule has 0 spiro atoms. The number of nitrogens with one attached hydrogen (secondary N) is 1. The van der Waals surface area contributed by atoms with E-state index < -0.39 is 21.8 Å². The molecular formula is C21H19F3N4O3S. The number of ether oxygens (including phenoxy) is 1. The van der Waals surface area contributed by atoms with E-state index >= 15 is 0 Å². The molecule has 1 N–H and O–H groups in total. The molecule has 0 unspecified atom stereocenters. The van der Waals surface area contributed by atoms with E-state index in [1.807, 2.05) is 0 Å². The van der Waals surface area contributed by atoms with Crippen LogP contribution in [0.4, 0.5) is 24.8 Å². The fourth-order valence-corrected chi connectivity index (χ4v) is 4.59. The van der Waals surface area contributed by atoms with Crippen LogP contribution in [0.5, 0.6) is 0 Å². The Kier molecular flexibility index (Phi) is 6.13. The van der Waals surface area contributed by atoms with E-state index in [1.54, 1.807) is 18.2 Å². The predicted molar refractivity (Wildman–Crippen MR) is 112 cm³/mol. The molecule has 7 nitrogen and oxygen atoms in total. The van der Waals surface area contributed by atoms with Crippen LogP contribution >= 0.6 is 0 Å². The van der Waals surface area contributed by atoms with Gasteiger partial charge in [0.2, 0.25) is 16.0 Å². The zero-order valence-corrected chi connectivity index (χ0v) is 17.5. The van der Waals surface area contributed by atoms with Gasteiger partial charge in [-0.25, -0.2) is 18.4 Å². The maximum Gasteiger partial charge on any atom is 0.416 e. The summed E-state index contributed by atoms with van der Waals surface area (Å²) in [4.78, 5) is 8.62. The van der Waals surface area contributed by atoms with Crippen molar-refractivity contribution in [2.45, 2.75) is 11.1 Å². The molecule has 3 aromatic rings. The summed E-state index contributed by atoms with van der Waals surface area (Å²) in [6.07, 6.45) is -2.92. The van der Waals surface area contributed by atoms with Crippen molar-refractivity contribution in [2.75, 3.05) is 31.6 Å². The van der Waals surface area contributed by atoms with Gasteiger partial charge < -0.3 is 10.1 Å². The van der Waals surface area contributed by atoms with E-state index in [0.717, 1.165) is 12.1 Å². The third kappa shape index (κ3) is 4.90. The molecule has 1 aliphatic heterocycles. The number of hydrogen-bond donors (Lipinski definition) is 1. The number of alkyl halides is 3. The summed E-state index contributed by atoms with van der Waals surface area (Å²) in [5, 5.41) is 2.98. The molecule has 32 heavy (non-hydrogen) atoms. The van der Waals surface area contributed by atoms with Crippen molar-refractivity contribution in [2.24, 2.45) is 0 Å². The van der Waals surface area contributed by atoms with Crippen LogP contribution < -0.4 is 5.32 Å². The lowest BCUT2D eigenvalue weighted by Gasteiger charge is -2.26. The van der Waals surface area contributed by atoms with Gasteiger partial charge in [0.05, 0.1) is 29.4 Å². The highest BCUT2D eigenvalue weighted by molar-refractivity contribution is 7.89. The lowest BCUT2D eigenvalue weighted by Crippen LogP contribution is -2.40. The van der Waals surface area contributed by atoms with Gasteiger partial charge in [-0.05, 0) is 42.5 Å². The minimum atomic E-state index is -4.40. The Labute approximate surface area is 182 Å². The summed E-state index contributed by atoms with van der Waals surface area (Å²) in [5.41, 5.74) is 0.786. The lowest BCUT2D eigenvalue weighted by molar-refractivity contribution is -0.137. The van der Waals surface area contributed by atoms with E-state index in [2.05, 4.69) is 15.3 Å². The van der Waals surface area contributed by atoms with Crippen LogP contribution in [0.2, 0.25) is 0 Å². The SMILES string of the molecule is O=S(=O)(c1ccc(Nc2nccc(-c3ccc(C(F)(F)F)cc3)n2)cc1)N1CCOCC1. The first-order chi connectivity index (χ1) is 15.2. The smallest absolute Gasteiger partial charge is 0.379 e. The Hall–Kier alpha value is -3.02. The highest BCUT2D eigenvalue weighted by Gasteiger charge is 2.30. The molecule has 1 saturated heterocycles. The van der Waals surface area contributed by atoms with Crippen LogP contribution in [0.1, 0.15) is 5.56 Å². The second kappa shape index (κ2) is 8.85. The quantitative estimate of drug-likeness (QED) is 0.616. The molecule has 4 rings (SSSR count). The number of benzene rings is 2. The largest absolute Gasteiger partial charge is 0.416 e. The first-order valence-electron chi connectivity index (χ1n) is 9.69. The van der Waals surface area contributed by atoms with Crippen LogP contribution in [0.3, 0.4) is 0 Å². The number of morpholine rings is 1. The minimum Gasteiger partial charge on any atom is -0.379 e. The summed E-state index contributed by atoms with van der Waals surface area (Å²) >= 11 is 0. The summed E-state index contributed by atoms with van der Waals surface area (Å²) in [7, 11) is -3.59. The second-order valence-corrected chi connectivity index (χ2v) is 8.94. The lowest BCUT2D eigenvalue weighted by atomic mass is 10.1. The van der Waals surface area contributed by atoms with E-state index in [0.29, 0.717) is 43.2 Å². The average molecular weight is 464 g/mol. The normalized spacial score (nSPS) is 15.5. The number of nitrogens with zero attached hydrogens (tertiary/aromatic N) is 3. The number of aromatic nitrogens is 2. The Balaban J connectivity index is 1.49. The van der Waals surface area contributed by atoms with Gasteiger partial charge in [0.15, 0.2) is 0 Å². The molecule has 0 bridgehead atoms. The Bertz CT molecular complexity index is 1180. The van der Waals surface area contributed by atoms with Gasteiger partial charge in [-0.2, -0.15) is 17.5 Å². The Morgan fingerprint density at radius 1 is 0.938 bits per heavy atom. The van der Waals surface area contributed by atoms with Crippen molar-refractivity contribution in [3.05, 3.63) is 66.4 Å². The van der Waals surface area contributed by atoms with Crippen LogP contribution in [-0.4, -0.2) is 49.0 Å². The molecule has 1 aliphatic rings. The molecule has 0 amide bonds. The molecule has 0 aliphatic carbocycles. The highest BCUT2D eigenvalue weighted by Crippen LogP contribution is 2.31. The summed E-state index contributed by atoms with van der Waals surface area (Å²) in [5.74, 6) is 0.228. The first-order valence-corrected chi connectivity index (χ1v) is 11.1. The standard InChI is InChI=1S/C21H19F3N4O3S/c22-21(23,24)16-3-1-15(2-4-16)19-9-10-25-20(27-19)26-17-5-7-18(8-6-17)32(29,30)28-11-13-31-14-12-28/h1-10H,11-14H2,(H,25,26,27). The topological polar surface area (TPSA) is 84.4 Å². The Morgan fingerprint density at radius 3 is 2.22 bits per heavy atom. The van der Waals surface area contributed by atoms with Gasteiger partial charge in [0, 0.05) is 30.5 Å². The van der Waals surface area contributed by atoms with E-state index in [9.17, 15) is 21.6 Å². The molecule has 168 valence electrons. The molecule has 1 aromatic heterocycles. The molecule has 11 heteroatoms. The summed E-state index contributed by atoms with van der Waals surface area (Å²) in [6.45, 7) is 1.36. The van der Waals surface area contributed by atoms with Crippen molar-refractivity contribution in [3.8, 4) is 11.3 Å². The molecule has 0 radical (unpaired) electrons. The maximum absolute atomic E-state index is 12.8. The van der Waals surface area contributed by atoms with Gasteiger partial charge in [0.25, 0.3) is 0 Å². The molecule has 1 fully saturated rings. The zero-order chi connectivity index (χ0) is 22.8. The van der Waals surface area contributed by atoms with Gasteiger partial charge >= 0.3 is 6.18 Å². The fraction of sp³-hybridized carbons (Fsp3) is 0.238. The first kappa shape index (κ1) is 22.2. The van der Waals surface area contributed by atoms with Gasteiger partial charge in [-0.15, -0.1) is 0 Å². The number of halogens is 3. The van der Waals surface area contributed by atoms with E-state index in [4.69, 9.17) is 4.74 Å². The number of rotatable bonds is 5. The average Bonchev–Trinajstić information content (AvgIpc) is 2.80. The third-order valence-corrected chi connectivity index (χ3v) is 6.79. The zero-order valence-electron chi connectivity index (χ0n) is 16.7. The van der Waals surface area contributed by atoms with Crippen molar-refractivity contribution >= 4 is 21.7 Å². The molecule has 2 heterocycles. The summed E-state index contributed by atoms with van der Waals surface area (Å²) < 4.78 is 70.2. The summed E-state index contributed by atoms with van der Waals surface area (Å²) in [6, 6.07) is 12.5. The van der Waals surface area contributed by atoms with Gasteiger partial charge in [0.1, 0.15) is 0 Å². The van der Waals surface area contributed by atoms with Crippen molar-refractivity contribution in [3.63, 3.8) is 0 Å². The van der Waals surface area contributed by atoms with Crippen molar-refractivity contribution in [1.82, 2.24) is 14.3 Å². The number of sulfonamides is 1. The molecule has 0 atom stereocenters. The number of anilines is 2. The van der Waals surface area contributed by atoms with Crippen LogP contribution in [0.15, 0.2) is 65.7 Å². The van der Waals surface area contributed by atoms with Crippen LogP contribution in [0.25, 0.3) is 11.3 Å². The highest BCUT2D eigenvalue weighted by atomic mass is 32.2. The fourth-order valence-electron chi connectivity index (χ4n) is 3.19.